The van der Waals surface area contributed by atoms with Crippen molar-refractivity contribution >= 4 is 39.1 Å². The molecule has 0 bridgehead atoms. The number of halogens is 2. The molecule has 7 nitrogen and oxygen atoms in total. The highest BCUT2D eigenvalue weighted by atomic mass is 35.5. The Kier molecular flexibility index (Phi) is 9.88. The number of rotatable bonds is 11. The standard InChI is InChI=1S/C28H31ClFN3O4S/c1-4-20(2)31-28(35)21(3)32(18-22-10-8-9-13-26(22)30)27(34)19-33(24-16-14-23(29)15-17-24)38(36,37)25-11-6-5-7-12-25/h5-17,20-21H,4,18-19H2,1-3H3,(H,31,35)/t20-,21+/m1/s1. The average molecular weight is 560 g/mol. The second-order valence-corrected chi connectivity index (χ2v) is 11.2. The van der Waals surface area contributed by atoms with Crippen LogP contribution in [0.25, 0.3) is 0 Å². The van der Waals surface area contributed by atoms with Crippen LogP contribution >= 0.6 is 11.6 Å². The third-order valence-corrected chi connectivity index (χ3v) is 8.23. The van der Waals surface area contributed by atoms with E-state index in [0.717, 1.165) is 4.31 Å². The van der Waals surface area contributed by atoms with Crippen LogP contribution in [0.3, 0.4) is 0 Å². The molecule has 0 saturated heterocycles. The molecule has 0 aliphatic rings. The molecule has 0 fully saturated rings. The van der Waals surface area contributed by atoms with Gasteiger partial charge in [-0.15, -0.1) is 0 Å². The van der Waals surface area contributed by atoms with E-state index in [9.17, 15) is 22.4 Å². The van der Waals surface area contributed by atoms with Crippen molar-refractivity contribution in [1.29, 1.82) is 0 Å². The van der Waals surface area contributed by atoms with Crippen molar-refractivity contribution in [3.05, 3.63) is 95.3 Å². The Hall–Kier alpha value is -3.43. The molecule has 2 amide bonds. The quantitative estimate of drug-likeness (QED) is 0.358. The fraction of sp³-hybridized carbons (Fsp3) is 0.286. The molecule has 0 unspecified atom stereocenters. The van der Waals surface area contributed by atoms with Crippen LogP contribution < -0.4 is 9.62 Å². The highest BCUT2D eigenvalue weighted by Crippen LogP contribution is 2.26. The van der Waals surface area contributed by atoms with Crippen LogP contribution in [-0.4, -0.2) is 43.8 Å². The maximum atomic E-state index is 14.6. The van der Waals surface area contributed by atoms with Gasteiger partial charge in [-0.1, -0.05) is 54.9 Å². The monoisotopic (exact) mass is 559 g/mol. The number of carbonyl (C=O) groups excluding carboxylic acids is 2. The molecule has 38 heavy (non-hydrogen) atoms. The van der Waals surface area contributed by atoms with Gasteiger partial charge in [0.2, 0.25) is 11.8 Å². The van der Waals surface area contributed by atoms with Gasteiger partial charge in [-0.25, -0.2) is 12.8 Å². The second-order valence-electron chi connectivity index (χ2n) is 8.91. The third kappa shape index (κ3) is 7.11. The molecule has 0 saturated carbocycles. The fourth-order valence-corrected chi connectivity index (χ4v) is 5.28. The van der Waals surface area contributed by atoms with E-state index in [1.54, 1.807) is 24.3 Å². The Morgan fingerprint density at radius 1 is 0.947 bits per heavy atom. The molecule has 3 rings (SSSR count). The summed E-state index contributed by atoms with van der Waals surface area (Å²) in [6.45, 7) is 4.45. The highest BCUT2D eigenvalue weighted by Gasteiger charge is 2.33. The summed E-state index contributed by atoms with van der Waals surface area (Å²) in [7, 11) is -4.18. The van der Waals surface area contributed by atoms with E-state index in [-0.39, 0.29) is 28.7 Å². The zero-order chi connectivity index (χ0) is 27.9. The number of sulfonamides is 1. The summed E-state index contributed by atoms with van der Waals surface area (Å²) < 4.78 is 42.8. The van der Waals surface area contributed by atoms with Crippen molar-refractivity contribution in [1.82, 2.24) is 10.2 Å². The van der Waals surface area contributed by atoms with Gasteiger partial charge in [-0.05, 0) is 62.7 Å². The molecule has 0 heterocycles. The largest absolute Gasteiger partial charge is 0.352 e. The number of hydrogen-bond acceptors (Lipinski definition) is 4. The van der Waals surface area contributed by atoms with E-state index in [2.05, 4.69) is 5.32 Å². The number of carbonyl (C=O) groups is 2. The highest BCUT2D eigenvalue weighted by molar-refractivity contribution is 7.92. The van der Waals surface area contributed by atoms with Crippen molar-refractivity contribution < 1.29 is 22.4 Å². The normalized spacial score (nSPS) is 12.9. The van der Waals surface area contributed by atoms with Crippen LogP contribution in [0.2, 0.25) is 5.02 Å². The van der Waals surface area contributed by atoms with Crippen molar-refractivity contribution in [3.8, 4) is 0 Å². The van der Waals surface area contributed by atoms with Crippen LogP contribution in [0.4, 0.5) is 10.1 Å². The van der Waals surface area contributed by atoms with E-state index in [1.165, 1.54) is 66.4 Å². The van der Waals surface area contributed by atoms with Crippen molar-refractivity contribution in [2.45, 2.75) is 50.7 Å². The SMILES string of the molecule is CC[C@@H](C)NC(=O)[C@H](C)N(Cc1ccccc1F)C(=O)CN(c1ccc(Cl)cc1)S(=O)(=O)c1ccccc1. The Morgan fingerprint density at radius 3 is 2.16 bits per heavy atom. The number of benzene rings is 3. The van der Waals surface area contributed by atoms with Gasteiger partial charge in [0.05, 0.1) is 10.6 Å². The van der Waals surface area contributed by atoms with Gasteiger partial charge in [-0.2, -0.15) is 0 Å². The van der Waals surface area contributed by atoms with Crippen LogP contribution in [-0.2, 0) is 26.2 Å². The van der Waals surface area contributed by atoms with E-state index in [4.69, 9.17) is 11.6 Å². The predicted molar refractivity (Wildman–Crippen MR) is 147 cm³/mol. The maximum absolute atomic E-state index is 14.6. The Bertz CT molecular complexity index is 1350. The maximum Gasteiger partial charge on any atom is 0.264 e. The van der Waals surface area contributed by atoms with Gasteiger partial charge < -0.3 is 10.2 Å². The van der Waals surface area contributed by atoms with Crippen LogP contribution in [0.15, 0.2) is 83.8 Å². The molecule has 0 aliphatic carbocycles. The molecule has 3 aromatic carbocycles. The molecule has 10 heteroatoms. The molecule has 0 aliphatic heterocycles. The summed E-state index contributed by atoms with van der Waals surface area (Å²) in [6.07, 6.45) is 0.680. The molecular weight excluding hydrogens is 529 g/mol. The number of amides is 2. The zero-order valence-corrected chi connectivity index (χ0v) is 23.0. The van der Waals surface area contributed by atoms with Gasteiger partial charge in [-0.3, -0.25) is 13.9 Å². The summed E-state index contributed by atoms with van der Waals surface area (Å²) in [5.74, 6) is -1.63. The first kappa shape index (κ1) is 29.1. The number of nitrogens with zero attached hydrogens (tertiary/aromatic N) is 2. The van der Waals surface area contributed by atoms with Crippen LogP contribution in [0.1, 0.15) is 32.8 Å². The summed E-state index contributed by atoms with van der Waals surface area (Å²) in [6, 6.07) is 18.6. The lowest BCUT2D eigenvalue weighted by atomic mass is 10.1. The van der Waals surface area contributed by atoms with E-state index in [0.29, 0.717) is 11.4 Å². The first-order valence-electron chi connectivity index (χ1n) is 12.2. The number of nitrogens with one attached hydrogen (secondary N) is 1. The minimum atomic E-state index is -4.18. The summed E-state index contributed by atoms with van der Waals surface area (Å²) in [4.78, 5) is 28.0. The lowest BCUT2D eigenvalue weighted by molar-refractivity contribution is -0.139. The molecular formula is C28H31ClFN3O4S. The van der Waals surface area contributed by atoms with Gasteiger partial charge in [0, 0.05) is 23.2 Å². The second kappa shape index (κ2) is 12.9. The molecule has 0 aromatic heterocycles. The Labute approximate surface area is 228 Å². The Balaban J connectivity index is 2.02. The first-order chi connectivity index (χ1) is 18.0. The van der Waals surface area contributed by atoms with Gasteiger partial charge in [0.25, 0.3) is 10.0 Å². The number of anilines is 1. The molecule has 0 radical (unpaired) electrons. The van der Waals surface area contributed by atoms with E-state index >= 15 is 0 Å². The van der Waals surface area contributed by atoms with E-state index in [1.807, 2.05) is 13.8 Å². The number of hydrogen-bond donors (Lipinski definition) is 1. The van der Waals surface area contributed by atoms with Gasteiger partial charge in [0.15, 0.2) is 0 Å². The van der Waals surface area contributed by atoms with Crippen molar-refractivity contribution in [2.75, 3.05) is 10.8 Å². The van der Waals surface area contributed by atoms with E-state index < -0.39 is 40.2 Å². The van der Waals surface area contributed by atoms with Gasteiger partial charge >= 0.3 is 0 Å². The summed E-state index contributed by atoms with van der Waals surface area (Å²) >= 11 is 6.02. The first-order valence-corrected chi connectivity index (χ1v) is 14.0. The molecule has 1 N–H and O–H groups in total. The summed E-state index contributed by atoms with van der Waals surface area (Å²) in [5.41, 5.74) is 0.419. The molecule has 3 aromatic rings. The topological polar surface area (TPSA) is 86.8 Å². The van der Waals surface area contributed by atoms with Crippen LogP contribution in [0, 0.1) is 5.82 Å². The van der Waals surface area contributed by atoms with Crippen LogP contribution in [0.5, 0.6) is 0 Å². The third-order valence-electron chi connectivity index (χ3n) is 6.19. The molecule has 202 valence electrons. The summed E-state index contributed by atoms with van der Waals surface area (Å²) in [5, 5.41) is 3.24. The lowest BCUT2D eigenvalue weighted by Crippen LogP contribution is -2.52. The minimum absolute atomic E-state index is 0.00836. The molecule has 2 atom stereocenters. The van der Waals surface area contributed by atoms with Gasteiger partial charge in [0.1, 0.15) is 18.4 Å². The average Bonchev–Trinajstić information content (AvgIpc) is 2.91. The zero-order valence-electron chi connectivity index (χ0n) is 21.5. The molecule has 0 spiro atoms. The predicted octanol–water partition coefficient (Wildman–Crippen LogP) is 5.01. The van der Waals surface area contributed by atoms with Crippen molar-refractivity contribution in [3.63, 3.8) is 0 Å². The fourth-order valence-electron chi connectivity index (χ4n) is 3.71. The smallest absolute Gasteiger partial charge is 0.264 e. The lowest BCUT2D eigenvalue weighted by Gasteiger charge is -2.32. The van der Waals surface area contributed by atoms with Crippen molar-refractivity contribution in [2.24, 2.45) is 0 Å². The Morgan fingerprint density at radius 2 is 1.55 bits per heavy atom. The minimum Gasteiger partial charge on any atom is -0.352 e.